The summed E-state index contributed by atoms with van der Waals surface area (Å²) in [5.74, 6) is 0. The Morgan fingerprint density at radius 2 is 2.00 bits per heavy atom. The summed E-state index contributed by atoms with van der Waals surface area (Å²) in [5.41, 5.74) is 4.49. The highest BCUT2D eigenvalue weighted by Crippen LogP contribution is 2.33. The second kappa shape index (κ2) is 6.83. The average molecular weight is 286 g/mol. The number of hydrogen-bond acceptors (Lipinski definition) is 2. The maximum absolute atomic E-state index is 3.77. The summed E-state index contributed by atoms with van der Waals surface area (Å²) in [6.45, 7) is 6.79. The van der Waals surface area contributed by atoms with Crippen LogP contribution in [0.1, 0.15) is 56.6 Å². The summed E-state index contributed by atoms with van der Waals surface area (Å²) >= 11 is 0. The molecule has 1 aliphatic heterocycles. The number of benzene rings is 1. The van der Waals surface area contributed by atoms with Gasteiger partial charge < -0.3 is 10.2 Å². The van der Waals surface area contributed by atoms with Crippen LogP contribution in [0.3, 0.4) is 0 Å². The highest BCUT2D eigenvalue weighted by molar-refractivity contribution is 5.57. The molecule has 2 unspecified atom stereocenters. The Labute approximate surface area is 129 Å². The van der Waals surface area contributed by atoms with E-state index >= 15 is 0 Å². The Bertz CT molecular complexity index is 469. The van der Waals surface area contributed by atoms with Gasteiger partial charge in [-0.3, -0.25) is 0 Å². The highest BCUT2D eigenvalue weighted by Gasteiger charge is 2.31. The minimum atomic E-state index is 0.671. The number of hydrogen-bond donors (Lipinski definition) is 1. The van der Waals surface area contributed by atoms with Crippen LogP contribution in [-0.2, 0) is 6.42 Å². The molecule has 1 aliphatic carbocycles. The second-order valence-electron chi connectivity index (χ2n) is 6.80. The number of likely N-dealkylation sites (N-methyl/N-ethyl adjacent to an activating group) is 1. The molecule has 2 heteroatoms. The Kier molecular flexibility index (Phi) is 4.84. The number of nitrogens with one attached hydrogen (secondary N) is 1. The minimum Gasteiger partial charge on any atom is -0.367 e. The molecule has 0 saturated heterocycles. The van der Waals surface area contributed by atoms with Gasteiger partial charge in [0.2, 0.25) is 0 Å². The van der Waals surface area contributed by atoms with Crippen LogP contribution >= 0.6 is 0 Å². The first-order chi connectivity index (χ1) is 10.3. The van der Waals surface area contributed by atoms with Crippen molar-refractivity contribution in [3.63, 3.8) is 0 Å². The zero-order valence-electron chi connectivity index (χ0n) is 13.7. The Balaban J connectivity index is 1.88. The van der Waals surface area contributed by atoms with Gasteiger partial charge in [0.1, 0.15) is 0 Å². The maximum Gasteiger partial charge on any atom is 0.0443 e. The SMILES string of the molecule is CCNC1CCCCCC1N1CCCc2cc(C)ccc21. The first kappa shape index (κ1) is 14.9. The molecular weight excluding hydrogens is 256 g/mol. The van der Waals surface area contributed by atoms with Gasteiger partial charge in [-0.05, 0) is 50.8 Å². The fraction of sp³-hybridized carbons (Fsp3) is 0.684. The van der Waals surface area contributed by atoms with Gasteiger partial charge in [0.25, 0.3) is 0 Å². The average Bonchev–Trinajstić information content (AvgIpc) is 2.72. The van der Waals surface area contributed by atoms with E-state index in [1.165, 1.54) is 62.7 Å². The lowest BCUT2D eigenvalue weighted by molar-refractivity contribution is 0.388. The smallest absolute Gasteiger partial charge is 0.0443 e. The van der Waals surface area contributed by atoms with Crippen molar-refractivity contribution in [2.24, 2.45) is 0 Å². The quantitative estimate of drug-likeness (QED) is 0.843. The topological polar surface area (TPSA) is 15.3 Å². The third kappa shape index (κ3) is 3.26. The highest BCUT2D eigenvalue weighted by atomic mass is 15.2. The molecule has 1 saturated carbocycles. The van der Waals surface area contributed by atoms with Crippen LogP contribution in [0.2, 0.25) is 0 Å². The predicted molar refractivity (Wildman–Crippen MR) is 91.2 cm³/mol. The van der Waals surface area contributed by atoms with Crippen LogP contribution in [0.4, 0.5) is 5.69 Å². The Morgan fingerprint density at radius 1 is 1.14 bits per heavy atom. The van der Waals surface area contributed by atoms with Crippen LogP contribution in [0.5, 0.6) is 0 Å². The first-order valence-corrected chi connectivity index (χ1v) is 8.89. The summed E-state index contributed by atoms with van der Waals surface area (Å²) in [4.78, 5) is 2.73. The lowest BCUT2D eigenvalue weighted by atomic mass is 9.94. The van der Waals surface area contributed by atoms with E-state index in [4.69, 9.17) is 0 Å². The van der Waals surface area contributed by atoms with Crippen molar-refractivity contribution in [1.82, 2.24) is 5.32 Å². The molecule has 1 heterocycles. The molecule has 0 radical (unpaired) electrons. The summed E-state index contributed by atoms with van der Waals surface area (Å²) in [6, 6.07) is 8.42. The van der Waals surface area contributed by atoms with Crippen LogP contribution in [0.15, 0.2) is 18.2 Å². The van der Waals surface area contributed by atoms with E-state index in [1.54, 1.807) is 5.56 Å². The van der Waals surface area contributed by atoms with E-state index < -0.39 is 0 Å². The lowest BCUT2D eigenvalue weighted by Gasteiger charge is -2.41. The van der Waals surface area contributed by atoms with Crippen molar-refractivity contribution in [3.05, 3.63) is 29.3 Å². The van der Waals surface area contributed by atoms with Crippen molar-refractivity contribution >= 4 is 5.69 Å². The van der Waals surface area contributed by atoms with Gasteiger partial charge in [-0.2, -0.15) is 0 Å². The maximum atomic E-state index is 3.77. The molecule has 0 aromatic heterocycles. The number of anilines is 1. The monoisotopic (exact) mass is 286 g/mol. The lowest BCUT2D eigenvalue weighted by Crippen LogP contribution is -2.51. The molecule has 2 aliphatic rings. The largest absolute Gasteiger partial charge is 0.367 e. The van der Waals surface area contributed by atoms with Crippen LogP contribution in [0.25, 0.3) is 0 Å². The van der Waals surface area contributed by atoms with E-state index in [9.17, 15) is 0 Å². The molecule has 1 fully saturated rings. The summed E-state index contributed by atoms with van der Waals surface area (Å²) in [6.07, 6.45) is 9.46. The van der Waals surface area contributed by atoms with Crippen LogP contribution < -0.4 is 10.2 Å². The molecule has 0 amide bonds. The van der Waals surface area contributed by atoms with Crippen molar-refractivity contribution < 1.29 is 0 Å². The molecule has 3 rings (SSSR count). The molecule has 2 atom stereocenters. The van der Waals surface area contributed by atoms with E-state index in [-0.39, 0.29) is 0 Å². The van der Waals surface area contributed by atoms with Crippen LogP contribution in [-0.4, -0.2) is 25.2 Å². The molecule has 0 spiro atoms. The second-order valence-corrected chi connectivity index (χ2v) is 6.80. The molecule has 0 bridgehead atoms. The van der Waals surface area contributed by atoms with Gasteiger partial charge in [0, 0.05) is 24.3 Å². The standard InChI is InChI=1S/C19H30N2/c1-3-20-17-9-5-4-6-10-19(17)21-13-7-8-16-14-15(2)11-12-18(16)21/h11-12,14,17,19-20H,3-10,13H2,1-2H3. The molecule has 21 heavy (non-hydrogen) atoms. The number of aryl methyl sites for hydroxylation is 2. The number of fused-ring (bicyclic) bond motifs is 1. The third-order valence-electron chi connectivity index (χ3n) is 5.24. The van der Waals surface area contributed by atoms with Crippen molar-refractivity contribution in [1.29, 1.82) is 0 Å². The summed E-state index contributed by atoms with van der Waals surface area (Å²) in [7, 11) is 0. The fourth-order valence-electron chi connectivity index (χ4n) is 4.26. The van der Waals surface area contributed by atoms with E-state index in [1.807, 2.05) is 0 Å². The van der Waals surface area contributed by atoms with E-state index in [2.05, 4.69) is 42.3 Å². The van der Waals surface area contributed by atoms with Gasteiger partial charge in [0.05, 0.1) is 0 Å². The molecule has 2 nitrogen and oxygen atoms in total. The van der Waals surface area contributed by atoms with Crippen LogP contribution in [0, 0.1) is 6.92 Å². The van der Waals surface area contributed by atoms with Crippen molar-refractivity contribution in [3.8, 4) is 0 Å². The Morgan fingerprint density at radius 3 is 2.86 bits per heavy atom. The minimum absolute atomic E-state index is 0.671. The summed E-state index contributed by atoms with van der Waals surface area (Å²) < 4.78 is 0. The number of nitrogens with zero attached hydrogens (tertiary/aromatic N) is 1. The molecule has 1 aromatic rings. The molecule has 116 valence electrons. The molecular formula is C19H30N2. The summed E-state index contributed by atoms with van der Waals surface area (Å²) in [5, 5.41) is 3.77. The third-order valence-corrected chi connectivity index (χ3v) is 5.24. The van der Waals surface area contributed by atoms with Gasteiger partial charge in [-0.1, -0.05) is 43.9 Å². The molecule has 1 aromatic carbocycles. The zero-order valence-corrected chi connectivity index (χ0v) is 13.7. The van der Waals surface area contributed by atoms with Gasteiger partial charge >= 0.3 is 0 Å². The fourth-order valence-corrected chi connectivity index (χ4v) is 4.26. The normalized spacial score (nSPS) is 26.3. The molecule has 1 N–H and O–H groups in total. The van der Waals surface area contributed by atoms with Gasteiger partial charge in [-0.25, -0.2) is 0 Å². The first-order valence-electron chi connectivity index (χ1n) is 8.89. The van der Waals surface area contributed by atoms with E-state index in [0.717, 1.165) is 6.54 Å². The van der Waals surface area contributed by atoms with E-state index in [0.29, 0.717) is 12.1 Å². The zero-order chi connectivity index (χ0) is 14.7. The van der Waals surface area contributed by atoms with Crippen molar-refractivity contribution in [2.45, 2.75) is 70.9 Å². The Hall–Kier alpha value is -1.02. The van der Waals surface area contributed by atoms with Gasteiger partial charge in [-0.15, -0.1) is 0 Å². The predicted octanol–water partition coefficient (Wildman–Crippen LogP) is 4.06. The van der Waals surface area contributed by atoms with Crippen molar-refractivity contribution in [2.75, 3.05) is 18.0 Å². The number of rotatable bonds is 3. The van der Waals surface area contributed by atoms with Gasteiger partial charge in [0.15, 0.2) is 0 Å².